The average molecular weight is 353 g/mol. The number of hydrogen-bond acceptors (Lipinski definition) is 2. The molecule has 1 heterocycles. The van der Waals surface area contributed by atoms with Gasteiger partial charge in [0.25, 0.3) is 0 Å². The van der Waals surface area contributed by atoms with Crippen LogP contribution in [-0.2, 0) is 4.79 Å². The van der Waals surface area contributed by atoms with Crippen LogP contribution in [0.15, 0.2) is 59.7 Å². The summed E-state index contributed by atoms with van der Waals surface area (Å²) >= 11 is 0. The lowest BCUT2D eigenvalue weighted by atomic mass is 9.93. The molecule has 4 heteroatoms. The van der Waals surface area contributed by atoms with Crippen molar-refractivity contribution < 1.29 is 13.6 Å². The molecule has 1 aliphatic rings. The average Bonchev–Trinajstić information content (AvgIpc) is 2.58. The maximum Gasteiger partial charge on any atom is 0.187 e. The highest BCUT2D eigenvalue weighted by Crippen LogP contribution is 2.24. The Bertz CT molecular complexity index is 816. The van der Waals surface area contributed by atoms with Gasteiger partial charge in [-0.2, -0.15) is 0 Å². The van der Waals surface area contributed by atoms with E-state index < -0.39 is 0 Å². The van der Waals surface area contributed by atoms with Crippen molar-refractivity contribution in [3.05, 3.63) is 82.4 Å². The number of likely N-dealkylation sites (tertiary alicyclic amines) is 1. The molecule has 0 amide bonds. The lowest BCUT2D eigenvalue weighted by Crippen LogP contribution is -2.41. The van der Waals surface area contributed by atoms with Crippen molar-refractivity contribution in [3.8, 4) is 0 Å². The third-order valence-corrected chi connectivity index (χ3v) is 4.44. The molecule has 0 N–H and O–H groups in total. The van der Waals surface area contributed by atoms with Gasteiger partial charge in [-0.1, -0.05) is 24.3 Å². The van der Waals surface area contributed by atoms with Crippen molar-refractivity contribution in [2.24, 2.45) is 0 Å². The summed E-state index contributed by atoms with van der Waals surface area (Å²) in [4.78, 5) is 15.1. The number of carbonyl (C=O) groups excluding carboxylic acids is 1. The van der Waals surface area contributed by atoms with E-state index in [2.05, 4.69) is 18.7 Å². The fraction of sp³-hybridized carbons (Fsp3) is 0.227. The number of Topliss-reactive ketones (excluding diaryl/α,β-unsaturated/α-hetero) is 1. The van der Waals surface area contributed by atoms with Crippen LogP contribution < -0.4 is 0 Å². The third kappa shape index (κ3) is 4.33. The van der Waals surface area contributed by atoms with Gasteiger partial charge in [0.05, 0.1) is 0 Å². The molecule has 2 aromatic carbocycles. The minimum atomic E-state index is -0.334. The molecule has 2 nitrogen and oxygen atoms in total. The van der Waals surface area contributed by atoms with Crippen molar-refractivity contribution in [2.45, 2.75) is 19.9 Å². The summed E-state index contributed by atoms with van der Waals surface area (Å²) in [6.07, 6.45) is 3.47. The summed E-state index contributed by atoms with van der Waals surface area (Å²) in [5, 5.41) is 0. The standard InChI is InChI=1S/C22H21F2NO/c1-15(2)25-13-18(9-16-5-3-7-20(23)11-16)22(26)19(14-25)10-17-6-4-8-21(24)12-17/h3-12,15H,13-14H2,1-2H3. The van der Waals surface area contributed by atoms with Gasteiger partial charge >= 0.3 is 0 Å². The fourth-order valence-corrected chi connectivity index (χ4v) is 3.03. The van der Waals surface area contributed by atoms with Crippen LogP contribution in [0.2, 0.25) is 0 Å². The zero-order valence-electron chi connectivity index (χ0n) is 14.9. The predicted octanol–water partition coefficient (Wildman–Crippen LogP) is 4.72. The van der Waals surface area contributed by atoms with Gasteiger partial charge < -0.3 is 0 Å². The van der Waals surface area contributed by atoms with Crippen LogP contribution in [0.25, 0.3) is 12.2 Å². The molecule has 0 unspecified atom stereocenters. The summed E-state index contributed by atoms with van der Waals surface area (Å²) in [6.45, 7) is 5.14. The molecular formula is C22H21F2NO. The molecule has 0 aromatic heterocycles. The molecular weight excluding hydrogens is 332 g/mol. The number of piperidine rings is 1. The maximum atomic E-state index is 13.5. The number of carbonyl (C=O) groups is 1. The summed E-state index contributed by atoms with van der Waals surface area (Å²) in [6, 6.07) is 12.6. The van der Waals surface area contributed by atoms with Gasteiger partial charge in [-0.05, 0) is 61.4 Å². The minimum absolute atomic E-state index is 0.0737. The zero-order valence-corrected chi connectivity index (χ0v) is 14.9. The fourth-order valence-electron chi connectivity index (χ4n) is 3.03. The third-order valence-electron chi connectivity index (χ3n) is 4.44. The number of rotatable bonds is 3. The molecule has 1 saturated heterocycles. The van der Waals surface area contributed by atoms with Gasteiger partial charge in [0.1, 0.15) is 11.6 Å². The van der Waals surface area contributed by atoms with Gasteiger partial charge in [-0.15, -0.1) is 0 Å². The highest BCUT2D eigenvalue weighted by molar-refractivity contribution is 6.14. The SMILES string of the molecule is CC(C)N1CC(=Cc2cccc(F)c2)C(=O)C(=Cc2cccc(F)c2)C1. The van der Waals surface area contributed by atoms with Crippen LogP contribution in [0.4, 0.5) is 8.78 Å². The predicted molar refractivity (Wildman–Crippen MR) is 100 cm³/mol. The number of benzene rings is 2. The first kappa shape index (κ1) is 18.2. The molecule has 0 saturated carbocycles. The second kappa shape index (κ2) is 7.75. The van der Waals surface area contributed by atoms with E-state index >= 15 is 0 Å². The molecule has 0 atom stereocenters. The number of nitrogens with zero attached hydrogens (tertiary/aromatic N) is 1. The lowest BCUT2D eigenvalue weighted by molar-refractivity contribution is -0.113. The molecule has 3 rings (SSSR count). The van der Waals surface area contributed by atoms with E-state index in [-0.39, 0.29) is 23.5 Å². The van der Waals surface area contributed by atoms with Crippen molar-refractivity contribution in [1.29, 1.82) is 0 Å². The highest BCUT2D eigenvalue weighted by atomic mass is 19.1. The summed E-state index contributed by atoms with van der Waals surface area (Å²) in [5.74, 6) is -0.742. The van der Waals surface area contributed by atoms with Crippen LogP contribution in [0, 0.1) is 11.6 Å². The second-order valence-electron chi connectivity index (χ2n) is 6.78. The Morgan fingerprint density at radius 1 is 0.885 bits per heavy atom. The Labute approximate surface area is 152 Å². The Kier molecular flexibility index (Phi) is 5.43. The largest absolute Gasteiger partial charge is 0.292 e. The monoisotopic (exact) mass is 353 g/mol. The van der Waals surface area contributed by atoms with E-state index in [1.807, 2.05) is 0 Å². The first-order valence-corrected chi connectivity index (χ1v) is 8.63. The smallest absolute Gasteiger partial charge is 0.187 e. The summed E-state index contributed by atoms with van der Waals surface area (Å²) in [7, 11) is 0. The highest BCUT2D eigenvalue weighted by Gasteiger charge is 2.27. The van der Waals surface area contributed by atoms with Crippen LogP contribution in [0.1, 0.15) is 25.0 Å². The van der Waals surface area contributed by atoms with E-state index in [0.29, 0.717) is 35.4 Å². The molecule has 0 spiro atoms. The van der Waals surface area contributed by atoms with Gasteiger partial charge in [-0.3, -0.25) is 9.69 Å². The molecule has 1 fully saturated rings. The Hall–Kier alpha value is -2.59. The number of hydrogen-bond donors (Lipinski definition) is 0. The molecule has 2 aromatic rings. The molecule has 1 aliphatic heterocycles. The summed E-state index contributed by atoms with van der Waals surface area (Å²) in [5.41, 5.74) is 2.53. The Balaban J connectivity index is 1.99. The van der Waals surface area contributed by atoms with Crippen molar-refractivity contribution in [3.63, 3.8) is 0 Å². The Morgan fingerprint density at radius 3 is 1.73 bits per heavy atom. The van der Waals surface area contributed by atoms with E-state index in [0.717, 1.165) is 0 Å². The quantitative estimate of drug-likeness (QED) is 0.744. The maximum absolute atomic E-state index is 13.5. The van der Waals surface area contributed by atoms with Crippen LogP contribution in [0.3, 0.4) is 0 Å². The first-order valence-electron chi connectivity index (χ1n) is 8.63. The normalized spacial score (nSPS) is 18.9. The van der Waals surface area contributed by atoms with Gasteiger partial charge in [-0.25, -0.2) is 8.78 Å². The van der Waals surface area contributed by atoms with Crippen LogP contribution >= 0.6 is 0 Å². The van der Waals surface area contributed by atoms with E-state index in [1.165, 1.54) is 24.3 Å². The molecule has 0 bridgehead atoms. The van der Waals surface area contributed by atoms with Crippen molar-refractivity contribution in [1.82, 2.24) is 4.90 Å². The van der Waals surface area contributed by atoms with Crippen LogP contribution in [0.5, 0.6) is 0 Å². The first-order chi connectivity index (χ1) is 12.4. The number of halogens is 2. The van der Waals surface area contributed by atoms with Crippen molar-refractivity contribution in [2.75, 3.05) is 13.1 Å². The molecule has 26 heavy (non-hydrogen) atoms. The van der Waals surface area contributed by atoms with Gasteiger partial charge in [0.2, 0.25) is 0 Å². The summed E-state index contributed by atoms with van der Waals surface area (Å²) < 4.78 is 26.9. The molecule has 0 radical (unpaired) electrons. The zero-order chi connectivity index (χ0) is 18.7. The molecule has 0 aliphatic carbocycles. The van der Waals surface area contributed by atoms with E-state index in [9.17, 15) is 13.6 Å². The van der Waals surface area contributed by atoms with Gasteiger partial charge in [0.15, 0.2) is 5.78 Å². The Morgan fingerprint density at radius 2 is 1.35 bits per heavy atom. The number of ketones is 1. The minimum Gasteiger partial charge on any atom is -0.292 e. The van der Waals surface area contributed by atoms with Gasteiger partial charge in [0, 0.05) is 30.3 Å². The topological polar surface area (TPSA) is 20.3 Å². The second-order valence-corrected chi connectivity index (χ2v) is 6.78. The lowest BCUT2D eigenvalue weighted by Gasteiger charge is -2.32. The van der Waals surface area contributed by atoms with E-state index in [1.54, 1.807) is 36.4 Å². The molecule has 134 valence electrons. The van der Waals surface area contributed by atoms with Crippen molar-refractivity contribution >= 4 is 17.9 Å². The van der Waals surface area contributed by atoms with Crippen LogP contribution in [-0.4, -0.2) is 29.8 Å². The van der Waals surface area contributed by atoms with E-state index in [4.69, 9.17) is 0 Å².